The van der Waals surface area contributed by atoms with Crippen molar-refractivity contribution in [1.29, 1.82) is 0 Å². The fraction of sp³-hybridized carbons (Fsp3) is 0.677. The molecule has 1 aromatic heterocycles. The van der Waals surface area contributed by atoms with E-state index in [0.29, 0.717) is 24.3 Å². The van der Waals surface area contributed by atoms with Gasteiger partial charge in [0.05, 0.1) is 5.56 Å². The molecule has 4 rings (SSSR count). The van der Waals surface area contributed by atoms with Gasteiger partial charge in [-0.05, 0) is 77.2 Å². The highest BCUT2D eigenvalue weighted by Gasteiger charge is 2.50. The van der Waals surface area contributed by atoms with Crippen LogP contribution in [0.1, 0.15) is 64.2 Å². The lowest BCUT2D eigenvalue weighted by molar-refractivity contribution is -0.0332. The van der Waals surface area contributed by atoms with Crippen LogP contribution in [0, 0.1) is 17.2 Å². The summed E-state index contributed by atoms with van der Waals surface area (Å²) >= 11 is 0. The maximum absolute atomic E-state index is 14.3. The third kappa shape index (κ3) is 7.54. The number of ether oxygens (including phenoxy) is 2. The Kier molecular flexibility index (Phi) is 11.1. The maximum Gasteiger partial charge on any atom is 0.282 e. The maximum atomic E-state index is 14.3. The fourth-order valence-corrected chi connectivity index (χ4v) is 6.38. The third-order valence-electron chi connectivity index (χ3n) is 8.55. The Bertz CT molecular complexity index is 1170. The summed E-state index contributed by atoms with van der Waals surface area (Å²) in [4.78, 5) is 24.4. The van der Waals surface area contributed by atoms with Crippen LogP contribution >= 0.6 is 0 Å². The molecule has 1 atom stereocenters. The third-order valence-corrected chi connectivity index (χ3v) is 8.55. The van der Waals surface area contributed by atoms with E-state index in [-0.39, 0.29) is 34.6 Å². The van der Waals surface area contributed by atoms with E-state index in [1.165, 1.54) is 24.5 Å². The highest BCUT2D eigenvalue weighted by atomic mass is 19.1. The molecule has 2 aliphatic rings. The Morgan fingerprint density at radius 2 is 1.98 bits per heavy atom. The number of hydrogen-bond donors (Lipinski definition) is 1. The molecule has 1 N–H and O–H groups in total. The average Bonchev–Trinajstić information content (AvgIpc) is 3.39. The number of anilines is 1. The number of amides is 1. The van der Waals surface area contributed by atoms with E-state index in [9.17, 15) is 9.18 Å². The molecule has 232 valence electrons. The van der Waals surface area contributed by atoms with Crippen LogP contribution in [0.4, 0.5) is 10.2 Å². The molecule has 2 saturated heterocycles. The number of hydrogen-bond acceptors (Lipinski definition) is 9. The number of halogens is 1. The second kappa shape index (κ2) is 14.5. The molecule has 0 aliphatic carbocycles. The number of nitrogens with zero attached hydrogens (tertiary/aromatic N) is 6. The number of likely N-dealkylation sites (tertiary alicyclic amines) is 1. The highest BCUT2D eigenvalue weighted by molar-refractivity contribution is 5.97. The molecule has 1 amide bonds. The first-order chi connectivity index (χ1) is 20.2. The second-order valence-electron chi connectivity index (χ2n) is 12.3. The molecule has 0 bridgehead atoms. The average molecular weight is 586 g/mol. The summed E-state index contributed by atoms with van der Waals surface area (Å²) in [7, 11) is 1.74. The zero-order valence-electron chi connectivity index (χ0n) is 26.1. The Labute approximate surface area is 250 Å². The van der Waals surface area contributed by atoms with E-state index >= 15 is 0 Å². The predicted octanol–water partition coefficient (Wildman–Crippen LogP) is 4.23. The molecule has 1 unspecified atom stereocenters. The zero-order valence-corrected chi connectivity index (χ0v) is 26.1. The molecular formula is C31H48FN7O3. The number of nitrogens with one attached hydrogen (secondary N) is 1. The number of carbonyl (C=O) groups is 1. The molecule has 1 aromatic carbocycles. The van der Waals surface area contributed by atoms with Gasteiger partial charge in [-0.1, -0.05) is 13.8 Å². The fourth-order valence-electron chi connectivity index (χ4n) is 6.38. The summed E-state index contributed by atoms with van der Waals surface area (Å²) in [6, 6.07) is 4.49. The minimum Gasteiger partial charge on any atom is -0.434 e. The lowest BCUT2D eigenvalue weighted by Gasteiger charge is -2.53. The first-order valence-corrected chi connectivity index (χ1v) is 15.3. The van der Waals surface area contributed by atoms with E-state index in [0.717, 1.165) is 65.1 Å². The largest absolute Gasteiger partial charge is 0.434 e. The lowest BCUT2D eigenvalue weighted by Crippen LogP contribution is -2.62. The second-order valence-corrected chi connectivity index (χ2v) is 12.3. The van der Waals surface area contributed by atoms with Crippen molar-refractivity contribution >= 4 is 11.7 Å². The van der Waals surface area contributed by atoms with Crippen LogP contribution in [-0.4, -0.2) is 103 Å². The molecule has 2 aliphatic heterocycles. The van der Waals surface area contributed by atoms with Crippen molar-refractivity contribution in [3.8, 4) is 11.6 Å². The SMILES string of the molecule is CCN(C(=O)c1cc(F)ccc1Oc1nncnc1N1CCC2(C1)CN(C(CCNCCCOC)C(C)C)C2)C(C)C. The predicted molar refractivity (Wildman–Crippen MR) is 162 cm³/mol. The van der Waals surface area contributed by atoms with E-state index in [2.05, 4.69) is 44.1 Å². The van der Waals surface area contributed by atoms with Gasteiger partial charge in [0.2, 0.25) is 0 Å². The molecule has 0 saturated carbocycles. The van der Waals surface area contributed by atoms with Crippen molar-refractivity contribution in [1.82, 2.24) is 30.3 Å². The van der Waals surface area contributed by atoms with Crippen molar-refractivity contribution in [2.24, 2.45) is 11.3 Å². The highest BCUT2D eigenvalue weighted by Crippen LogP contribution is 2.44. The Hall–Kier alpha value is -2.89. The molecule has 0 radical (unpaired) electrons. The summed E-state index contributed by atoms with van der Waals surface area (Å²) in [5.41, 5.74) is 0.361. The molecule has 1 spiro atoms. The van der Waals surface area contributed by atoms with Gasteiger partial charge in [-0.3, -0.25) is 9.69 Å². The number of aromatic nitrogens is 3. The standard InChI is InChI=1S/C31H48FN7O3/c1-7-39(23(4)5)30(40)25-17-24(32)9-10-27(25)42-29-28(34-21-35-36-29)37-15-12-31(18-37)19-38(20-31)26(22(2)3)11-14-33-13-8-16-41-6/h9-10,17,21-23,26,33H,7-8,11-16,18-20H2,1-6H3. The Balaban J connectivity index is 1.42. The number of rotatable bonds is 15. The summed E-state index contributed by atoms with van der Waals surface area (Å²) < 4.78 is 25.6. The molecule has 11 heteroatoms. The van der Waals surface area contributed by atoms with Crippen molar-refractivity contribution < 1.29 is 18.7 Å². The number of benzene rings is 1. The zero-order chi connectivity index (χ0) is 30.3. The van der Waals surface area contributed by atoms with Gasteiger partial charge in [0.1, 0.15) is 17.9 Å². The van der Waals surface area contributed by atoms with Crippen LogP contribution in [0.3, 0.4) is 0 Å². The topological polar surface area (TPSA) is 96.0 Å². The van der Waals surface area contributed by atoms with E-state index < -0.39 is 5.82 Å². The van der Waals surface area contributed by atoms with Crippen LogP contribution in [0.5, 0.6) is 11.6 Å². The van der Waals surface area contributed by atoms with Gasteiger partial charge in [0, 0.05) is 63.9 Å². The van der Waals surface area contributed by atoms with Crippen molar-refractivity contribution in [3.05, 3.63) is 35.9 Å². The quantitative estimate of drug-likeness (QED) is 0.308. The summed E-state index contributed by atoms with van der Waals surface area (Å²) in [5.74, 6) is 0.848. The van der Waals surface area contributed by atoms with Crippen LogP contribution in [0.15, 0.2) is 24.5 Å². The molecule has 10 nitrogen and oxygen atoms in total. The minimum absolute atomic E-state index is 0.0392. The summed E-state index contributed by atoms with van der Waals surface area (Å²) in [6.45, 7) is 17.5. The van der Waals surface area contributed by atoms with Gasteiger partial charge in [0.15, 0.2) is 5.82 Å². The van der Waals surface area contributed by atoms with Crippen LogP contribution in [0.25, 0.3) is 0 Å². The molecular weight excluding hydrogens is 537 g/mol. The summed E-state index contributed by atoms with van der Waals surface area (Å²) in [6.07, 6.45) is 4.64. The van der Waals surface area contributed by atoms with Crippen LogP contribution < -0.4 is 15.0 Å². The Morgan fingerprint density at radius 3 is 2.67 bits per heavy atom. The lowest BCUT2D eigenvalue weighted by atomic mass is 9.76. The van der Waals surface area contributed by atoms with Gasteiger partial charge in [0.25, 0.3) is 11.8 Å². The van der Waals surface area contributed by atoms with E-state index in [1.807, 2.05) is 20.8 Å². The molecule has 42 heavy (non-hydrogen) atoms. The van der Waals surface area contributed by atoms with Crippen molar-refractivity contribution in [2.75, 3.05) is 64.4 Å². The molecule has 2 fully saturated rings. The van der Waals surface area contributed by atoms with Crippen LogP contribution in [-0.2, 0) is 4.74 Å². The van der Waals surface area contributed by atoms with E-state index in [4.69, 9.17) is 9.47 Å². The van der Waals surface area contributed by atoms with Crippen molar-refractivity contribution in [3.63, 3.8) is 0 Å². The van der Waals surface area contributed by atoms with Gasteiger partial charge in [-0.15, -0.1) is 10.2 Å². The first kappa shape index (κ1) is 32.0. The van der Waals surface area contributed by atoms with E-state index in [1.54, 1.807) is 12.0 Å². The Morgan fingerprint density at radius 1 is 1.19 bits per heavy atom. The molecule has 3 heterocycles. The minimum atomic E-state index is -0.499. The van der Waals surface area contributed by atoms with Gasteiger partial charge in [-0.25, -0.2) is 9.37 Å². The van der Waals surface area contributed by atoms with Crippen LogP contribution in [0.2, 0.25) is 0 Å². The van der Waals surface area contributed by atoms with Crippen molar-refractivity contribution in [2.45, 2.75) is 66.0 Å². The van der Waals surface area contributed by atoms with Gasteiger partial charge >= 0.3 is 0 Å². The molecule has 2 aromatic rings. The van der Waals surface area contributed by atoms with Gasteiger partial charge in [-0.2, -0.15) is 0 Å². The first-order valence-electron chi connectivity index (χ1n) is 15.3. The summed E-state index contributed by atoms with van der Waals surface area (Å²) in [5, 5.41) is 11.8. The number of carbonyl (C=O) groups excluding carboxylic acids is 1. The number of methoxy groups -OCH3 is 1. The van der Waals surface area contributed by atoms with Gasteiger partial charge < -0.3 is 24.6 Å². The normalized spacial score (nSPS) is 17.2. The monoisotopic (exact) mass is 585 g/mol. The smallest absolute Gasteiger partial charge is 0.282 e.